The topological polar surface area (TPSA) is 61.6 Å². The first-order chi connectivity index (χ1) is 12.5. The highest BCUT2D eigenvalue weighted by molar-refractivity contribution is 5.94. The van der Waals surface area contributed by atoms with Gasteiger partial charge in [0.05, 0.1) is 31.0 Å². The lowest BCUT2D eigenvalue weighted by Gasteiger charge is -2.11. The Morgan fingerprint density at radius 1 is 1.00 bits per heavy atom. The molecule has 5 nitrogen and oxygen atoms in total. The summed E-state index contributed by atoms with van der Waals surface area (Å²) in [5.41, 5.74) is 5.85. The van der Waals surface area contributed by atoms with E-state index in [1.165, 1.54) is 7.11 Å². The first kappa shape index (κ1) is 17.7. The highest BCUT2D eigenvalue weighted by atomic mass is 16.5. The molecule has 0 bridgehead atoms. The molecule has 0 saturated carbocycles. The number of rotatable bonds is 4. The van der Waals surface area contributed by atoms with E-state index in [-0.39, 0.29) is 5.97 Å². The summed E-state index contributed by atoms with van der Waals surface area (Å²) in [5, 5.41) is 4.15. The monoisotopic (exact) mass is 351 g/mol. The second-order valence-corrected chi connectivity index (χ2v) is 6.17. The SMILES string of the molecule is COC(=O)c1cc(-c2onc(C)c2-c2ccc(OC)cc2)c(C)cc1C. The number of ether oxygens (including phenoxy) is 2. The van der Waals surface area contributed by atoms with Crippen molar-refractivity contribution in [2.75, 3.05) is 14.2 Å². The van der Waals surface area contributed by atoms with Crippen LogP contribution in [-0.4, -0.2) is 25.3 Å². The minimum atomic E-state index is -0.369. The molecular weight excluding hydrogens is 330 g/mol. The first-order valence-corrected chi connectivity index (χ1v) is 8.27. The average Bonchev–Trinajstić information content (AvgIpc) is 3.02. The number of benzene rings is 2. The Kier molecular flexibility index (Phi) is 4.80. The zero-order valence-electron chi connectivity index (χ0n) is 15.5. The first-order valence-electron chi connectivity index (χ1n) is 8.27. The van der Waals surface area contributed by atoms with Crippen LogP contribution in [-0.2, 0) is 4.74 Å². The Morgan fingerprint density at radius 2 is 1.69 bits per heavy atom. The zero-order valence-corrected chi connectivity index (χ0v) is 15.5. The summed E-state index contributed by atoms with van der Waals surface area (Å²) in [6, 6.07) is 11.5. The van der Waals surface area contributed by atoms with Crippen LogP contribution in [0.5, 0.6) is 5.75 Å². The molecule has 0 aliphatic rings. The quantitative estimate of drug-likeness (QED) is 0.636. The molecule has 0 unspecified atom stereocenters. The fourth-order valence-corrected chi connectivity index (χ4v) is 3.08. The number of esters is 1. The standard InChI is InChI=1S/C21H21NO4/c1-12-10-13(2)18(21(23)25-5)11-17(12)20-19(14(3)22-26-20)15-6-8-16(24-4)9-7-15/h6-11H,1-5H3. The van der Waals surface area contributed by atoms with Crippen LogP contribution in [0.3, 0.4) is 0 Å². The molecule has 0 radical (unpaired) electrons. The van der Waals surface area contributed by atoms with Crippen molar-refractivity contribution < 1.29 is 18.8 Å². The van der Waals surface area contributed by atoms with Gasteiger partial charge in [-0.1, -0.05) is 23.4 Å². The Hall–Kier alpha value is -3.08. The second kappa shape index (κ2) is 7.04. The largest absolute Gasteiger partial charge is 0.497 e. The molecule has 0 fully saturated rings. The average molecular weight is 351 g/mol. The third kappa shape index (κ3) is 3.08. The number of nitrogens with zero attached hydrogens (tertiary/aromatic N) is 1. The summed E-state index contributed by atoms with van der Waals surface area (Å²) in [6.45, 7) is 5.77. The molecule has 26 heavy (non-hydrogen) atoms. The number of carbonyl (C=O) groups is 1. The van der Waals surface area contributed by atoms with Crippen LogP contribution in [0.4, 0.5) is 0 Å². The summed E-state index contributed by atoms with van der Waals surface area (Å²) in [7, 11) is 3.01. The van der Waals surface area contributed by atoms with Gasteiger partial charge in [0, 0.05) is 5.56 Å². The van der Waals surface area contributed by atoms with E-state index in [4.69, 9.17) is 14.0 Å². The van der Waals surface area contributed by atoms with E-state index in [0.29, 0.717) is 11.3 Å². The van der Waals surface area contributed by atoms with Crippen LogP contribution in [0, 0.1) is 20.8 Å². The van der Waals surface area contributed by atoms with Crippen molar-refractivity contribution in [3.8, 4) is 28.2 Å². The van der Waals surface area contributed by atoms with Gasteiger partial charge in [0.15, 0.2) is 5.76 Å². The van der Waals surface area contributed by atoms with Crippen LogP contribution < -0.4 is 4.74 Å². The number of methoxy groups -OCH3 is 2. The lowest BCUT2D eigenvalue weighted by atomic mass is 9.94. The molecule has 5 heteroatoms. The Morgan fingerprint density at radius 3 is 2.31 bits per heavy atom. The highest BCUT2D eigenvalue weighted by Crippen LogP contribution is 2.38. The van der Waals surface area contributed by atoms with Crippen molar-refractivity contribution in [1.29, 1.82) is 0 Å². The van der Waals surface area contributed by atoms with E-state index in [1.807, 2.05) is 57.2 Å². The van der Waals surface area contributed by atoms with Gasteiger partial charge in [0.1, 0.15) is 5.75 Å². The number of aryl methyl sites for hydroxylation is 3. The third-order valence-electron chi connectivity index (χ3n) is 4.46. The van der Waals surface area contributed by atoms with E-state index in [9.17, 15) is 4.79 Å². The molecule has 1 heterocycles. The van der Waals surface area contributed by atoms with Crippen molar-refractivity contribution >= 4 is 5.97 Å². The number of carbonyl (C=O) groups excluding carboxylic acids is 1. The van der Waals surface area contributed by atoms with Gasteiger partial charge in [-0.05, 0) is 55.7 Å². The molecule has 134 valence electrons. The van der Waals surface area contributed by atoms with E-state index in [1.54, 1.807) is 7.11 Å². The van der Waals surface area contributed by atoms with Gasteiger partial charge >= 0.3 is 5.97 Å². The van der Waals surface area contributed by atoms with E-state index >= 15 is 0 Å². The highest BCUT2D eigenvalue weighted by Gasteiger charge is 2.21. The fraction of sp³-hybridized carbons (Fsp3) is 0.238. The van der Waals surface area contributed by atoms with Gasteiger partial charge in [0.25, 0.3) is 0 Å². The van der Waals surface area contributed by atoms with Crippen LogP contribution in [0.15, 0.2) is 40.9 Å². The van der Waals surface area contributed by atoms with Gasteiger partial charge < -0.3 is 14.0 Å². The van der Waals surface area contributed by atoms with Crippen molar-refractivity contribution in [3.63, 3.8) is 0 Å². The maximum Gasteiger partial charge on any atom is 0.338 e. The molecule has 0 N–H and O–H groups in total. The van der Waals surface area contributed by atoms with E-state index in [0.717, 1.165) is 39.3 Å². The second-order valence-electron chi connectivity index (χ2n) is 6.17. The Balaban J connectivity index is 2.18. The summed E-state index contributed by atoms with van der Waals surface area (Å²) in [4.78, 5) is 12.1. The number of hydrogen-bond donors (Lipinski definition) is 0. The minimum absolute atomic E-state index is 0.369. The summed E-state index contributed by atoms with van der Waals surface area (Å²) < 4.78 is 15.8. The maximum absolute atomic E-state index is 12.1. The molecule has 3 rings (SSSR count). The van der Waals surface area contributed by atoms with Crippen LogP contribution in [0.25, 0.3) is 22.5 Å². The van der Waals surface area contributed by atoms with Crippen LogP contribution in [0.1, 0.15) is 27.2 Å². The zero-order chi connectivity index (χ0) is 18.8. The summed E-state index contributed by atoms with van der Waals surface area (Å²) >= 11 is 0. The molecule has 0 atom stereocenters. The van der Waals surface area contributed by atoms with Crippen LogP contribution >= 0.6 is 0 Å². The van der Waals surface area contributed by atoms with Gasteiger partial charge in [-0.25, -0.2) is 4.79 Å². The van der Waals surface area contributed by atoms with E-state index in [2.05, 4.69) is 5.16 Å². The van der Waals surface area contributed by atoms with Crippen molar-refractivity contribution in [2.45, 2.75) is 20.8 Å². The van der Waals surface area contributed by atoms with Gasteiger partial charge in [0.2, 0.25) is 0 Å². The molecule has 0 saturated heterocycles. The molecular formula is C21H21NO4. The van der Waals surface area contributed by atoms with Crippen molar-refractivity contribution in [2.24, 2.45) is 0 Å². The fourth-order valence-electron chi connectivity index (χ4n) is 3.08. The predicted octanol–water partition coefficient (Wildman–Crippen LogP) is 4.73. The summed E-state index contributed by atoms with van der Waals surface area (Å²) in [6.07, 6.45) is 0. The summed E-state index contributed by atoms with van der Waals surface area (Å²) in [5.74, 6) is 1.05. The molecule has 0 spiro atoms. The van der Waals surface area contributed by atoms with E-state index < -0.39 is 0 Å². The number of aromatic nitrogens is 1. The third-order valence-corrected chi connectivity index (χ3v) is 4.46. The maximum atomic E-state index is 12.1. The molecule has 0 amide bonds. The van der Waals surface area contributed by atoms with Crippen molar-refractivity contribution in [1.82, 2.24) is 5.16 Å². The van der Waals surface area contributed by atoms with Gasteiger partial charge in [-0.2, -0.15) is 0 Å². The number of hydrogen-bond acceptors (Lipinski definition) is 5. The smallest absolute Gasteiger partial charge is 0.338 e. The Bertz CT molecular complexity index is 955. The molecule has 0 aliphatic heterocycles. The van der Waals surface area contributed by atoms with Gasteiger partial charge in [-0.3, -0.25) is 0 Å². The molecule has 0 aliphatic carbocycles. The lowest BCUT2D eigenvalue weighted by molar-refractivity contribution is 0.0600. The lowest BCUT2D eigenvalue weighted by Crippen LogP contribution is -2.05. The molecule has 1 aromatic heterocycles. The van der Waals surface area contributed by atoms with Crippen molar-refractivity contribution in [3.05, 3.63) is 58.8 Å². The van der Waals surface area contributed by atoms with Gasteiger partial charge in [-0.15, -0.1) is 0 Å². The molecule has 3 aromatic rings. The molecule has 2 aromatic carbocycles. The normalized spacial score (nSPS) is 10.7. The Labute approximate surface area is 152 Å². The van der Waals surface area contributed by atoms with Crippen LogP contribution in [0.2, 0.25) is 0 Å². The minimum Gasteiger partial charge on any atom is -0.497 e. The predicted molar refractivity (Wildman–Crippen MR) is 99.5 cm³/mol.